The maximum atomic E-state index is 13.2. The molecule has 27 heavy (non-hydrogen) atoms. The van der Waals surface area contributed by atoms with Crippen LogP contribution >= 0.6 is 0 Å². The molecule has 1 aliphatic heterocycles. The third-order valence-electron chi connectivity index (χ3n) is 4.85. The molecule has 1 unspecified atom stereocenters. The summed E-state index contributed by atoms with van der Waals surface area (Å²) in [7, 11) is 1.19. The van der Waals surface area contributed by atoms with Crippen molar-refractivity contribution in [2.45, 2.75) is 11.0 Å². The van der Waals surface area contributed by atoms with Gasteiger partial charge in [0, 0.05) is 34.2 Å². The van der Waals surface area contributed by atoms with Gasteiger partial charge in [-0.3, -0.25) is 9.13 Å². The van der Waals surface area contributed by atoms with Crippen LogP contribution in [-0.4, -0.2) is 61.8 Å². The largest absolute Gasteiger partial charge is 0.367 e. The third kappa shape index (κ3) is 2.76. The number of morpholine rings is 1. The van der Waals surface area contributed by atoms with E-state index in [9.17, 15) is 13.2 Å². The molecule has 0 amide bonds. The fourth-order valence-corrected chi connectivity index (χ4v) is 4.75. The molecule has 0 aliphatic carbocycles. The standard InChI is InChI=1S/C15H19N7O4S/c1-19-11-5-4-10(8-12(11)20(2)15(19)23)27(24,25)22-6-7-26-13(9-22)14-16-17-18-21(14)3/h4-5,8,13H,6-7,9H2,1-3H3. The summed E-state index contributed by atoms with van der Waals surface area (Å²) in [5.74, 6) is 0.468. The number of hydrogen-bond acceptors (Lipinski definition) is 7. The van der Waals surface area contributed by atoms with Crippen LogP contribution in [0, 0.1) is 0 Å². The average molecular weight is 393 g/mol. The maximum absolute atomic E-state index is 13.2. The fraction of sp³-hybridized carbons (Fsp3) is 0.467. The molecule has 1 saturated heterocycles. The molecule has 0 N–H and O–H groups in total. The molecule has 1 atom stereocenters. The van der Waals surface area contributed by atoms with Crippen LogP contribution < -0.4 is 5.69 Å². The number of ether oxygens (including phenoxy) is 1. The fourth-order valence-electron chi connectivity index (χ4n) is 3.31. The lowest BCUT2D eigenvalue weighted by Gasteiger charge is -2.31. The Labute approximate surface area is 154 Å². The van der Waals surface area contributed by atoms with E-state index in [-0.39, 0.29) is 30.3 Å². The van der Waals surface area contributed by atoms with Crippen molar-refractivity contribution >= 4 is 21.1 Å². The molecule has 3 aromatic rings. The van der Waals surface area contributed by atoms with Crippen molar-refractivity contribution in [3.8, 4) is 0 Å². The first-order valence-corrected chi connectivity index (χ1v) is 9.74. The van der Waals surface area contributed by atoms with Gasteiger partial charge in [-0.15, -0.1) is 5.10 Å². The summed E-state index contributed by atoms with van der Waals surface area (Å²) < 4.78 is 37.7. The van der Waals surface area contributed by atoms with Gasteiger partial charge >= 0.3 is 5.69 Å². The zero-order valence-corrected chi connectivity index (χ0v) is 15.9. The number of rotatable bonds is 3. The van der Waals surface area contributed by atoms with Gasteiger partial charge < -0.3 is 4.74 Å². The first kappa shape index (κ1) is 17.8. The Hall–Kier alpha value is -2.57. The number of nitrogens with zero attached hydrogens (tertiary/aromatic N) is 7. The number of tetrazole rings is 1. The predicted octanol–water partition coefficient (Wildman–Crippen LogP) is -0.837. The molecule has 144 valence electrons. The second kappa shape index (κ2) is 6.25. The summed E-state index contributed by atoms with van der Waals surface area (Å²) >= 11 is 0. The second-order valence-electron chi connectivity index (χ2n) is 6.43. The number of hydrogen-bond donors (Lipinski definition) is 0. The number of aromatic nitrogens is 6. The quantitative estimate of drug-likeness (QED) is 0.570. The highest BCUT2D eigenvalue weighted by molar-refractivity contribution is 7.89. The van der Waals surface area contributed by atoms with Crippen LogP contribution in [0.3, 0.4) is 0 Å². The Bertz CT molecular complexity index is 1180. The molecule has 0 spiro atoms. The Morgan fingerprint density at radius 3 is 2.59 bits per heavy atom. The summed E-state index contributed by atoms with van der Waals surface area (Å²) in [4.78, 5) is 12.2. The van der Waals surface area contributed by atoms with Gasteiger partial charge in [0.05, 0.1) is 22.5 Å². The zero-order chi connectivity index (χ0) is 19.3. The molecule has 0 saturated carbocycles. The highest BCUT2D eigenvalue weighted by atomic mass is 32.2. The molecule has 1 aromatic carbocycles. The summed E-state index contributed by atoms with van der Waals surface area (Å²) in [5.41, 5.74) is 1.03. The van der Waals surface area contributed by atoms with Crippen LogP contribution in [0.15, 0.2) is 27.9 Å². The Morgan fingerprint density at radius 2 is 1.89 bits per heavy atom. The van der Waals surface area contributed by atoms with Gasteiger partial charge in [-0.1, -0.05) is 0 Å². The number of benzene rings is 1. The van der Waals surface area contributed by atoms with E-state index in [1.54, 1.807) is 27.2 Å². The number of aryl methyl sites for hydroxylation is 3. The molecule has 4 rings (SSSR count). The van der Waals surface area contributed by atoms with E-state index in [4.69, 9.17) is 4.74 Å². The van der Waals surface area contributed by atoms with Gasteiger partial charge in [-0.25, -0.2) is 17.9 Å². The van der Waals surface area contributed by atoms with Crippen LogP contribution in [0.1, 0.15) is 11.9 Å². The Balaban J connectivity index is 1.70. The van der Waals surface area contributed by atoms with Crippen LogP contribution in [0.5, 0.6) is 0 Å². The van der Waals surface area contributed by atoms with E-state index in [0.29, 0.717) is 16.9 Å². The van der Waals surface area contributed by atoms with Gasteiger partial charge in [0.1, 0.15) is 6.10 Å². The van der Waals surface area contributed by atoms with E-state index < -0.39 is 16.1 Å². The number of imidazole rings is 1. The Morgan fingerprint density at radius 1 is 1.15 bits per heavy atom. The molecule has 12 heteroatoms. The molecule has 3 heterocycles. The van der Waals surface area contributed by atoms with E-state index >= 15 is 0 Å². The summed E-state index contributed by atoms with van der Waals surface area (Å²) in [6.07, 6.45) is -0.543. The van der Waals surface area contributed by atoms with Crippen molar-refractivity contribution in [3.63, 3.8) is 0 Å². The molecule has 1 fully saturated rings. The SMILES string of the molecule is Cn1nnnc1C1CN(S(=O)(=O)c2ccc3c(c2)n(C)c(=O)n3C)CCO1. The van der Waals surface area contributed by atoms with Gasteiger partial charge in [-0.2, -0.15) is 4.31 Å². The van der Waals surface area contributed by atoms with Crippen molar-refractivity contribution in [1.82, 2.24) is 33.6 Å². The normalized spacial score (nSPS) is 19.0. The zero-order valence-electron chi connectivity index (χ0n) is 15.1. The second-order valence-corrected chi connectivity index (χ2v) is 8.37. The minimum atomic E-state index is -3.76. The van der Waals surface area contributed by atoms with Crippen LogP contribution in [0.25, 0.3) is 11.0 Å². The molecule has 2 aromatic heterocycles. The van der Waals surface area contributed by atoms with Gasteiger partial charge in [0.25, 0.3) is 0 Å². The molecule has 0 radical (unpaired) electrons. The van der Waals surface area contributed by atoms with Gasteiger partial charge in [0.15, 0.2) is 5.82 Å². The third-order valence-corrected chi connectivity index (χ3v) is 6.71. The minimum Gasteiger partial charge on any atom is -0.367 e. The lowest BCUT2D eigenvalue weighted by molar-refractivity contribution is -0.00951. The highest BCUT2D eigenvalue weighted by Gasteiger charge is 2.34. The first-order valence-electron chi connectivity index (χ1n) is 8.30. The van der Waals surface area contributed by atoms with Crippen LogP contribution in [0.2, 0.25) is 0 Å². The topological polar surface area (TPSA) is 117 Å². The molecular formula is C15H19N7O4S. The average Bonchev–Trinajstić information content (AvgIpc) is 3.19. The smallest absolute Gasteiger partial charge is 0.328 e. The lowest BCUT2D eigenvalue weighted by atomic mass is 10.3. The van der Waals surface area contributed by atoms with E-state index in [2.05, 4.69) is 15.5 Å². The predicted molar refractivity (Wildman–Crippen MR) is 94.4 cm³/mol. The Kier molecular flexibility index (Phi) is 4.13. The monoisotopic (exact) mass is 393 g/mol. The van der Waals surface area contributed by atoms with Crippen molar-refractivity contribution in [3.05, 3.63) is 34.5 Å². The van der Waals surface area contributed by atoms with Crippen molar-refractivity contribution in [1.29, 1.82) is 0 Å². The van der Waals surface area contributed by atoms with Gasteiger partial charge in [-0.05, 0) is 28.6 Å². The highest BCUT2D eigenvalue weighted by Crippen LogP contribution is 2.26. The molecule has 1 aliphatic rings. The van der Waals surface area contributed by atoms with Crippen molar-refractivity contribution in [2.75, 3.05) is 19.7 Å². The summed E-state index contributed by atoms with van der Waals surface area (Å²) in [6.45, 7) is 0.584. The molecule has 11 nitrogen and oxygen atoms in total. The maximum Gasteiger partial charge on any atom is 0.328 e. The molecule has 0 bridgehead atoms. The lowest BCUT2D eigenvalue weighted by Crippen LogP contribution is -2.42. The van der Waals surface area contributed by atoms with Crippen LogP contribution in [-0.2, 0) is 35.9 Å². The molecular weight excluding hydrogens is 374 g/mol. The van der Waals surface area contributed by atoms with Crippen molar-refractivity contribution < 1.29 is 13.2 Å². The number of fused-ring (bicyclic) bond motifs is 1. The van der Waals surface area contributed by atoms with Crippen molar-refractivity contribution in [2.24, 2.45) is 21.1 Å². The van der Waals surface area contributed by atoms with E-state index in [1.165, 1.54) is 30.3 Å². The van der Waals surface area contributed by atoms with E-state index in [0.717, 1.165) is 0 Å². The van der Waals surface area contributed by atoms with E-state index in [1.807, 2.05) is 0 Å². The first-order chi connectivity index (χ1) is 12.8. The summed E-state index contributed by atoms with van der Waals surface area (Å²) in [5, 5.41) is 11.2. The summed E-state index contributed by atoms with van der Waals surface area (Å²) in [6, 6.07) is 4.69. The van der Waals surface area contributed by atoms with Gasteiger partial charge in [0.2, 0.25) is 10.0 Å². The number of sulfonamides is 1. The minimum absolute atomic E-state index is 0.113. The van der Waals surface area contributed by atoms with Crippen LogP contribution in [0.4, 0.5) is 0 Å².